The molecule has 2 heterocycles. The van der Waals surface area contributed by atoms with E-state index >= 15 is 0 Å². The number of nitrogens with zero attached hydrogens (tertiary/aromatic N) is 2. The SMILES string of the molecule is CCN1CCCCC1CNC(=NC)NCCc1c[nH]c2ccccc12. The molecule has 5 heteroatoms. The van der Waals surface area contributed by atoms with Gasteiger partial charge in [-0.2, -0.15) is 0 Å². The van der Waals surface area contributed by atoms with Crippen molar-refractivity contribution in [2.24, 2.45) is 4.99 Å². The number of aromatic nitrogens is 1. The smallest absolute Gasteiger partial charge is 0.191 e. The fourth-order valence-electron chi connectivity index (χ4n) is 3.80. The molecule has 1 atom stereocenters. The van der Waals surface area contributed by atoms with Crippen molar-refractivity contribution in [3.05, 3.63) is 36.0 Å². The lowest BCUT2D eigenvalue weighted by molar-refractivity contribution is 0.157. The summed E-state index contributed by atoms with van der Waals surface area (Å²) in [6.45, 7) is 6.48. The van der Waals surface area contributed by atoms with Gasteiger partial charge in [0.1, 0.15) is 0 Å². The Balaban J connectivity index is 1.46. The van der Waals surface area contributed by atoms with Crippen LogP contribution in [0.2, 0.25) is 0 Å². The lowest BCUT2D eigenvalue weighted by Gasteiger charge is -2.35. The quantitative estimate of drug-likeness (QED) is 0.559. The van der Waals surface area contributed by atoms with E-state index in [4.69, 9.17) is 0 Å². The lowest BCUT2D eigenvalue weighted by Crippen LogP contribution is -2.49. The Morgan fingerprint density at radius 2 is 2.16 bits per heavy atom. The highest BCUT2D eigenvalue weighted by molar-refractivity contribution is 5.83. The first-order chi connectivity index (χ1) is 12.3. The van der Waals surface area contributed by atoms with E-state index in [9.17, 15) is 0 Å². The first kappa shape index (κ1) is 17.8. The summed E-state index contributed by atoms with van der Waals surface area (Å²) in [6, 6.07) is 9.09. The van der Waals surface area contributed by atoms with E-state index < -0.39 is 0 Å². The van der Waals surface area contributed by atoms with Crippen molar-refractivity contribution in [1.82, 2.24) is 20.5 Å². The summed E-state index contributed by atoms with van der Waals surface area (Å²) in [7, 11) is 1.85. The number of rotatable bonds is 6. The normalized spacial score (nSPS) is 19.3. The molecule has 2 aromatic rings. The van der Waals surface area contributed by atoms with Crippen LogP contribution in [-0.2, 0) is 6.42 Å². The topological polar surface area (TPSA) is 55.4 Å². The van der Waals surface area contributed by atoms with Gasteiger partial charge in [0, 0.05) is 43.3 Å². The fraction of sp³-hybridized carbons (Fsp3) is 0.550. The second-order valence-electron chi connectivity index (χ2n) is 6.77. The first-order valence-electron chi connectivity index (χ1n) is 9.55. The van der Waals surface area contributed by atoms with Crippen molar-refractivity contribution in [2.45, 2.75) is 38.6 Å². The molecule has 1 fully saturated rings. The zero-order chi connectivity index (χ0) is 17.5. The Morgan fingerprint density at radius 1 is 1.28 bits per heavy atom. The molecular formula is C20H31N5. The number of nitrogens with one attached hydrogen (secondary N) is 3. The van der Waals surface area contributed by atoms with Gasteiger partial charge in [-0.3, -0.25) is 9.89 Å². The van der Waals surface area contributed by atoms with Gasteiger partial charge in [0.2, 0.25) is 0 Å². The monoisotopic (exact) mass is 341 g/mol. The van der Waals surface area contributed by atoms with Gasteiger partial charge in [-0.15, -0.1) is 0 Å². The van der Waals surface area contributed by atoms with E-state index in [1.165, 1.54) is 42.3 Å². The maximum absolute atomic E-state index is 4.37. The van der Waals surface area contributed by atoms with Crippen molar-refractivity contribution in [2.75, 3.05) is 33.2 Å². The van der Waals surface area contributed by atoms with Crippen LogP contribution in [0.3, 0.4) is 0 Å². The van der Waals surface area contributed by atoms with Gasteiger partial charge in [-0.05, 0) is 44.0 Å². The van der Waals surface area contributed by atoms with Gasteiger partial charge in [-0.1, -0.05) is 31.5 Å². The van der Waals surface area contributed by atoms with Crippen LogP contribution in [0.5, 0.6) is 0 Å². The van der Waals surface area contributed by atoms with E-state index in [1.807, 2.05) is 7.05 Å². The summed E-state index contributed by atoms with van der Waals surface area (Å²) in [4.78, 5) is 10.3. The molecule has 1 aliphatic heterocycles. The molecule has 3 rings (SSSR count). The van der Waals surface area contributed by atoms with Crippen LogP contribution in [0, 0.1) is 0 Å². The number of piperidine rings is 1. The molecule has 0 aliphatic carbocycles. The highest BCUT2D eigenvalue weighted by atomic mass is 15.2. The van der Waals surface area contributed by atoms with Gasteiger partial charge in [-0.25, -0.2) is 0 Å². The van der Waals surface area contributed by atoms with Crippen molar-refractivity contribution in [3.8, 4) is 0 Å². The largest absolute Gasteiger partial charge is 0.361 e. The predicted octanol–water partition coefficient (Wildman–Crippen LogP) is 2.75. The highest BCUT2D eigenvalue weighted by Gasteiger charge is 2.20. The minimum atomic E-state index is 0.630. The van der Waals surface area contributed by atoms with Gasteiger partial charge in [0.15, 0.2) is 5.96 Å². The minimum absolute atomic E-state index is 0.630. The van der Waals surface area contributed by atoms with Gasteiger partial charge in [0.05, 0.1) is 0 Å². The summed E-state index contributed by atoms with van der Waals surface area (Å²) >= 11 is 0. The Kier molecular flexibility index (Phi) is 6.34. The number of likely N-dealkylation sites (tertiary alicyclic amines) is 1. The van der Waals surface area contributed by atoms with Crippen LogP contribution >= 0.6 is 0 Å². The molecule has 3 N–H and O–H groups in total. The third-order valence-electron chi connectivity index (χ3n) is 5.25. The average Bonchev–Trinajstić information content (AvgIpc) is 3.08. The Bertz CT molecular complexity index is 690. The summed E-state index contributed by atoms with van der Waals surface area (Å²) in [6.07, 6.45) is 7.06. The number of fused-ring (bicyclic) bond motifs is 1. The van der Waals surface area contributed by atoms with Crippen LogP contribution in [0.25, 0.3) is 10.9 Å². The average molecular weight is 342 g/mol. The predicted molar refractivity (Wildman–Crippen MR) is 106 cm³/mol. The molecule has 25 heavy (non-hydrogen) atoms. The number of likely N-dealkylation sites (N-methyl/N-ethyl adjacent to an activating group) is 1. The molecule has 5 nitrogen and oxygen atoms in total. The lowest BCUT2D eigenvalue weighted by atomic mass is 10.0. The Hall–Kier alpha value is -2.01. The molecule has 1 aliphatic rings. The second kappa shape index (κ2) is 8.90. The molecule has 0 spiro atoms. The Morgan fingerprint density at radius 3 is 3.00 bits per heavy atom. The van der Waals surface area contributed by atoms with E-state index in [1.54, 1.807) is 0 Å². The zero-order valence-corrected chi connectivity index (χ0v) is 15.5. The number of aliphatic imine (C=N–C) groups is 1. The molecule has 0 saturated carbocycles. The minimum Gasteiger partial charge on any atom is -0.361 e. The van der Waals surface area contributed by atoms with Gasteiger partial charge in [0.25, 0.3) is 0 Å². The number of aromatic amines is 1. The summed E-state index contributed by atoms with van der Waals surface area (Å²) in [5.41, 5.74) is 2.56. The van der Waals surface area contributed by atoms with E-state index in [0.717, 1.165) is 32.0 Å². The van der Waals surface area contributed by atoms with Crippen molar-refractivity contribution in [1.29, 1.82) is 0 Å². The van der Waals surface area contributed by atoms with Crippen LogP contribution in [0.1, 0.15) is 31.7 Å². The molecule has 1 aromatic carbocycles. The molecule has 1 unspecified atom stereocenters. The number of hydrogen-bond acceptors (Lipinski definition) is 2. The van der Waals surface area contributed by atoms with Crippen LogP contribution in [0.15, 0.2) is 35.5 Å². The van der Waals surface area contributed by atoms with Crippen LogP contribution < -0.4 is 10.6 Å². The van der Waals surface area contributed by atoms with E-state index in [0.29, 0.717) is 6.04 Å². The van der Waals surface area contributed by atoms with Gasteiger partial charge >= 0.3 is 0 Å². The molecule has 0 bridgehead atoms. The zero-order valence-electron chi connectivity index (χ0n) is 15.5. The summed E-state index contributed by atoms with van der Waals surface area (Å²) in [5, 5.41) is 8.27. The van der Waals surface area contributed by atoms with Crippen molar-refractivity contribution in [3.63, 3.8) is 0 Å². The molecule has 0 radical (unpaired) electrons. The molecule has 136 valence electrons. The standard InChI is InChI=1S/C20H31N5/c1-3-25-13-7-6-8-17(25)15-24-20(21-2)22-12-11-16-14-23-19-10-5-4-9-18(16)19/h4-5,9-10,14,17,23H,3,6-8,11-13,15H2,1-2H3,(H2,21,22,24). The summed E-state index contributed by atoms with van der Waals surface area (Å²) < 4.78 is 0. The maximum Gasteiger partial charge on any atom is 0.191 e. The number of para-hydroxylation sites is 1. The third-order valence-corrected chi connectivity index (χ3v) is 5.25. The van der Waals surface area contributed by atoms with Crippen molar-refractivity contribution >= 4 is 16.9 Å². The van der Waals surface area contributed by atoms with E-state index in [2.05, 4.69) is 62.9 Å². The molecule has 1 saturated heterocycles. The summed E-state index contributed by atoms with van der Waals surface area (Å²) in [5.74, 6) is 0.904. The van der Waals surface area contributed by atoms with Gasteiger partial charge < -0.3 is 15.6 Å². The number of benzene rings is 1. The first-order valence-corrected chi connectivity index (χ1v) is 9.55. The van der Waals surface area contributed by atoms with Crippen LogP contribution in [-0.4, -0.2) is 55.1 Å². The van der Waals surface area contributed by atoms with E-state index in [-0.39, 0.29) is 0 Å². The highest BCUT2D eigenvalue weighted by Crippen LogP contribution is 2.18. The molecule has 1 aromatic heterocycles. The molecular weight excluding hydrogens is 310 g/mol. The van der Waals surface area contributed by atoms with Crippen LogP contribution in [0.4, 0.5) is 0 Å². The Labute approximate surface area is 150 Å². The molecule has 0 amide bonds. The number of hydrogen-bond donors (Lipinski definition) is 3. The maximum atomic E-state index is 4.37. The number of guanidine groups is 1. The third kappa shape index (κ3) is 4.54. The fourth-order valence-corrected chi connectivity index (χ4v) is 3.80. The van der Waals surface area contributed by atoms with Crippen molar-refractivity contribution < 1.29 is 0 Å². The number of H-pyrrole nitrogens is 1. The second-order valence-corrected chi connectivity index (χ2v) is 6.77.